The third-order valence-corrected chi connectivity index (χ3v) is 2.79. The van der Waals surface area contributed by atoms with Gasteiger partial charge >= 0.3 is 5.69 Å². The predicted molar refractivity (Wildman–Crippen MR) is 58.7 cm³/mol. The van der Waals surface area contributed by atoms with Crippen molar-refractivity contribution in [1.82, 2.24) is 9.55 Å². The minimum atomic E-state index is -1.41. The smallest absolute Gasteiger partial charge is 0.330 e. The van der Waals surface area contributed by atoms with E-state index in [4.69, 9.17) is 15.6 Å². The van der Waals surface area contributed by atoms with E-state index in [-0.39, 0.29) is 5.69 Å². The topological polar surface area (TPSA) is 151 Å². The lowest BCUT2D eigenvalue weighted by Crippen LogP contribution is -2.38. The molecule has 9 heteroatoms. The normalized spacial score (nSPS) is 31.7. The second-order valence-corrected chi connectivity index (χ2v) is 3.98. The Kier molecular flexibility index (Phi) is 3.22. The molecule has 0 aliphatic carbocycles. The molecule has 18 heavy (non-hydrogen) atoms. The van der Waals surface area contributed by atoms with Crippen LogP contribution in [-0.4, -0.2) is 49.8 Å². The highest BCUT2D eigenvalue weighted by molar-refractivity contribution is 5.30. The van der Waals surface area contributed by atoms with E-state index in [1.807, 2.05) is 4.98 Å². The van der Waals surface area contributed by atoms with Gasteiger partial charge in [0, 0.05) is 6.20 Å². The Morgan fingerprint density at radius 2 is 2.06 bits per heavy atom. The number of nitrogens with two attached hydrogens (primary N) is 1. The van der Waals surface area contributed by atoms with Crippen molar-refractivity contribution in [3.63, 3.8) is 0 Å². The Morgan fingerprint density at radius 1 is 1.39 bits per heavy atom. The molecule has 1 aromatic rings. The number of nitrogens with one attached hydrogen (secondary N) is 1. The van der Waals surface area contributed by atoms with Crippen LogP contribution in [0.2, 0.25) is 0 Å². The van der Waals surface area contributed by atoms with Gasteiger partial charge < -0.3 is 25.8 Å². The molecule has 0 spiro atoms. The van der Waals surface area contributed by atoms with Gasteiger partial charge in [-0.1, -0.05) is 0 Å². The highest BCUT2D eigenvalue weighted by Gasteiger charge is 2.43. The average molecular weight is 259 g/mol. The lowest BCUT2D eigenvalue weighted by Gasteiger charge is -2.17. The second kappa shape index (κ2) is 4.53. The van der Waals surface area contributed by atoms with Crippen molar-refractivity contribution in [2.45, 2.75) is 24.5 Å². The Morgan fingerprint density at radius 3 is 2.61 bits per heavy atom. The lowest BCUT2D eigenvalue weighted by atomic mass is 10.1. The van der Waals surface area contributed by atoms with Gasteiger partial charge in [-0.25, -0.2) is 4.79 Å². The number of nitrogens with zero attached hydrogens (tertiary/aromatic N) is 1. The molecular formula is C9H13N3O6. The van der Waals surface area contributed by atoms with E-state index in [2.05, 4.69) is 0 Å². The first-order valence-corrected chi connectivity index (χ1v) is 5.19. The Hall–Kier alpha value is -1.68. The van der Waals surface area contributed by atoms with Crippen molar-refractivity contribution in [1.29, 1.82) is 0 Å². The summed E-state index contributed by atoms with van der Waals surface area (Å²) in [7, 11) is 0. The van der Waals surface area contributed by atoms with Gasteiger partial charge in [-0.3, -0.25) is 14.3 Å². The van der Waals surface area contributed by atoms with Gasteiger partial charge in [0.15, 0.2) is 6.23 Å². The van der Waals surface area contributed by atoms with E-state index >= 15 is 0 Å². The Balaban J connectivity index is 2.42. The third kappa shape index (κ3) is 1.93. The van der Waals surface area contributed by atoms with Crippen molar-refractivity contribution >= 4 is 5.69 Å². The molecule has 100 valence electrons. The molecule has 1 aromatic heterocycles. The first kappa shape index (κ1) is 12.8. The number of hydrogen-bond donors (Lipinski definition) is 5. The van der Waals surface area contributed by atoms with E-state index in [0.717, 1.165) is 10.8 Å². The van der Waals surface area contributed by atoms with Crippen LogP contribution in [0.1, 0.15) is 6.23 Å². The van der Waals surface area contributed by atoms with Crippen molar-refractivity contribution < 1.29 is 20.1 Å². The summed E-state index contributed by atoms with van der Waals surface area (Å²) >= 11 is 0. The summed E-state index contributed by atoms with van der Waals surface area (Å²) in [6.07, 6.45) is -3.96. The molecule has 0 bridgehead atoms. The molecule has 1 saturated heterocycles. The van der Waals surface area contributed by atoms with Gasteiger partial charge in [-0.2, -0.15) is 0 Å². The minimum absolute atomic E-state index is 0.229. The van der Waals surface area contributed by atoms with Gasteiger partial charge in [0.25, 0.3) is 5.56 Å². The summed E-state index contributed by atoms with van der Waals surface area (Å²) in [5.41, 5.74) is 3.55. The number of nitrogen functional groups attached to an aromatic ring is 1. The zero-order valence-corrected chi connectivity index (χ0v) is 9.18. The number of rotatable bonds is 2. The maximum Gasteiger partial charge on any atom is 0.330 e. The maximum atomic E-state index is 11.5. The van der Waals surface area contributed by atoms with Crippen molar-refractivity contribution in [3.05, 3.63) is 27.0 Å². The third-order valence-electron chi connectivity index (χ3n) is 2.79. The van der Waals surface area contributed by atoms with Crippen LogP contribution >= 0.6 is 0 Å². The van der Waals surface area contributed by atoms with Gasteiger partial charge in [0.05, 0.1) is 6.61 Å². The SMILES string of the molecule is Nc1cn([C@@H]2O[C@H](CO)[C@@H](O)[C@@H]2O)c(=O)[nH]c1=O. The molecule has 6 N–H and O–H groups in total. The monoisotopic (exact) mass is 259 g/mol. The van der Waals surface area contributed by atoms with Crippen LogP contribution in [0, 0.1) is 0 Å². The van der Waals surface area contributed by atoms with Gasteiger partial charge in [0.2, 0.25) is 0 Å². The average Bonchev–Trinajstić information content (AvgIpc) is 2.61. The van der Waals surface area contributed by atoms with Crippen LogP contribution in [-0.2, 0) is 4.74 Å². The van der Waals surface area contributed by atoms with Crippen molar-refractivity contribution in [2.75, 3.05) is 12.3 Å². The zero-order chi connectivity index (χ0) is 13.4. The van der Waals surface area contributed by atoms with E-state index in [1.54, 1.807) is 0 Å². The van der Waals surface area contributed by atoms with Crippen LogP contribution in [0.3, 0.4) is 0 Å². The van der Waals surface area contributed by atoms with Crippen LogP contribution < -0.4 is 17.0 Å². The largest absolute Gasteiger partial charge is 0.394 e. The molecule has 4 atom stereocenters. The van der Waals surface area contributed by atoms with Gasteiger partial charge in [0.1, 0.15) is 24.0 Å². The van der Waals surface area contributed by atoms with Crippen LogP contribution in [0.15, 0.2) is 15.8 Å². The lowest BCUT2D eigenvalue weighted by molar-refractivity contribution is -0.0549. The molecule has 0 aromatic carbocycles. The molecule has 0 amide bonds. The molecule has 1 fully saturated rings. The highest BCUT2D eigenvalue weighted by atomic mass is 16.6. The first-order chi connectivity index (χ1) is 8.45. The summed E-state index contributed by atoms with van der Waals surface area (Å²) in [5, 5.41) is 28.2. The van der Waals surface area contributed by atoms with E-state index in [9.17, 15) is 19.8 Å². The van der Waals surface area contributed by atoms with Crippen LogP contribution in [0.4, 0.5) is 5.69 Å². The van der Waals surface area contributed by atoms with Gasteiger partial charge in [-0.05, 0) is 0 Å². The molecule has 1 aliphatic heterocycles. The summed E-state index contributed by atoms with van der Waals surface area (Å²) in [6, 6.07) is 0. The molecular weight excluding hydrogens is 246 g/mol. The first-order valence-electron chi connectivity index (χ1n) is 5.19. The molecule has 2 rings (SSSR count). The number of aromatic amines is 1. The quantitative estimate of drug-likeness (QED) is 0.373. The summed E-state index contributed by atoms with van der Waals surface area (Å²) in [5.74, 6) is 0. The number of aromatic nitrogens is 2. The number of hydrogen-bond acceptors (Lipinski definition) is 7. The second-order valence-electron chi connectivity index (χ2n) is 3.98. The standard InChI is InChI=1S/C9H13N3O6/c10-3-1-12(9(17)11-7(3)16)8-6(15)5(14)4(2-13)18-8/h1,4-6,8,13-15H,2,10H2,(H,11,16,17)/t4-,5-,6+,8-/m1/s1. The molecule has 0 saturated carbocycles. The highest BCUT2D eigenvalue weighted by Crippen LogP contribution is 2.27. The molecule has 1 aliphatic rings. The minimum Gasteiger partial charge on any atom is -0.394 e. The van der Waals surface area contributed by atoms with Gasteiger partial charge in [-0.15, -0.1) is 0 Å². The Labute approximate surface area is 100 Å². The number of ether oxygens (including phenoxy) is 1. The van der Waals surface area contributed by atoms with Crippen molar-refractivity contribution in [3.8, 4) is 0 Å². The molecule has 0 unspecified atom stereocenters. The molecule has 2 heterocycles. The summed E-state index contributed by atoms with van der Waals surface area (Å²) in [4.78, 5) is 24.6. The maximum absolute atomic E-state index is 11.5. The summed E-state index contributed by atoms with van der Waals surface area (Å²) < 4.78 is 5.99. The summed E-state index contributed by atoms with van der Waals surface area (Å²) in [6.45, 7) is -0.512. The number of aliphatic hydroxyl groups excluding tert-OH is 3. The van der Waals surface area contributed by atoms with Crippen LogP contribution in [0.25, 0.3) is 0 Å². The molecule has 9 nitrogen and oxygen atoms in total. The Bertz CT molecular complexity index is 552. The zero-order valence-electron chi connectivity index (χ0n) is 9.18. The fraction of sp³-hybridized carbons (Fsp3) is 0.556. The molecule has 0 radical (unpaired) electrons. The predicted octanol–water partition coefficient (Wildman–Crippen LogP) is -3.27. The van der Waals surface area contributed by atoms with E-state index in [1.165, 1.54) is 0 Å². The number of aliphatic hydroxyl groups is 3. The number of anilines is 1. The fourth-order valence-corrected chi connectivity index (χ4v) is 1.80. The van der Waals surface area contributed by atoms with E-state index < -0.39 is 42.4 Å². The number of H-pyrrole nitrogens is 1. The fourth-order valence-electron chi connectivity index (χ4n) is 1.80. The van der Waals surface area contributed by atoms with E-state index in [0.29, 0.717) is 0 Å². The van der Waals surface area contributed by atoms with Crippen LogP contribution in [0.5, 0.6) is 0 Å². The van der Waals surface area contributed by atoms with Crippen molar-refractivity contribution in [2.24, 2.45) is 0 Å².